The van der Waals surface area contributed by atoms with E-state index in [1.165, 1.54) is 14.2 Å². The number of thiocarbonyl (C=S) groups is 1. The molecule has 10 heteroatoms. The van der Waals surface area contributed by atoms with Crippen molar-refractivity contribution in [3.63, 3.8) is 0 Å². The number of para-hydroxylation sites is 1. The molecule has 8 nitrogen and oxygen atoms in total. The monoisotopic (exact) mass is 499 g/mol. The van der Waals surface area contributed by atoms with E-state index in [0.717, 1.165) is 30.4 Å². The summed E-state index contributed by atoms with van der Waals surface area (Å²) in [7, 11) is 3.03. The minimum absolute atomic E-state index is 0.0994. The van der Waals surface area contributed by atoms with E-state index in [1.807, 2.05) is 36.4 Å². The Hall–Kier alpha value is -3.43. The first-order valence-electron chi connectivity index (χ1n) is 10.7. The number of hydrazone groups is 1. The molecule has 2 aromatic carbocycles. The number of nitrogens with one attached hydrogen (secondary N) is 2. The molecule has 0 bridgehead atoms. The Morgan fingerprint density at radius 1 is 1.09 bits per heavy atom. The molecule has 1 heterocycles. The van der Waals surface area contributed by atoms with Crippen molar-refractivity contribution in [3.8, 4) is 23.5 Å². The third kappa shape index (κ3) is 7.03. The summed E-state index contributed by atoms with van der Waals surface area (Å²) in [6.45, 7) is 2.14. The number of rotatable bonds is 10. The summed E-state index contributed by atoms with van der Waals surface area (Å²) >= 11 is 11.5. The number of aryl methyl sites for hydroxylation is 1. The van der Waals surface area contributed by atoms with Gasteiger partial charge in [-0.25, -0.2) is 0 Å². The fraction of sp³-hybridized carbons (Fsp3) is 0.250. The van der Waals surface area contributed by atoms with Crippen LogP contribution in [-0.4, -0.2) is 35.5 Å². The van der Waals surface area contributed by atoms with Crippen molar-refractivity contribution >= 4 is 40.8 Å². The van der Waals surface area contributed by atoms with E-state index in [9.17, 15) is 0 Å². The van der Waals surface area contributed by atoms with Crippen molar-refractivity contribution < 1.29 is 14.2 Å². The van der Waals surface area contributed by atoms with Gasteiger partial charge in [0.15, 0.2) is 5.11 Å². The van der Waals surface area contributed by atoms with E-state index in [4.69, 9.17) is 38.0 Å². The maximum atomic E-state index is 6.17. The Labute approximate surface area is 209 Å². The summed E-state index contributed by atoms with van der Waals surface area (Å²) in [6.07, 6.45) is 4.60. The van der Waals surface area contributed by atoms with Crippen molar-refractivity contribution in [2.45, 2.75) is 26.2 Å². The van der Waals surface area contributed by atoms with Crippen LogP contribution in [0.4, 0.5) is 5.69 Å². The molecule has 1 aromatic heterocycles. The van der Waals surface area contributed by atoms with Crippen LogP contribution in [0.15, 0.2) is 53.6 Å². The van der Waals surface area contributed by atoms with Crippen LogP contribution in [0.25, 0.3) is 0 Å². The molecular weight excluding hydrogens is 474 g/mol. The highest BCUT2D eigenvalue weighted by Gasteiger charge is 2.13. The Morgan fingerprint density at radius 2 is 1.82 bits per heavy atom. The van der Waals surface area contributed by atoms with Crippen LogP contribution in [0.3, 0.4) is 0 Å². The van der Waals surface area contributed by atoms with Crippen LogP contribution in [0.2, 0.25) is 5.02 Å². The number of unbranched alkanes of at least 4 members (excludes halogenated alkanes) is 1. The average Bonchev–Trinajstić information content (AvgIpc) is 2.85. The summed E-state index contributed by atoms with van der Waals surface area (Å²) < 4.78 is 16.4. The zero-order chi connectivity index (χ0) is 24.3. The molecule has 3 aromatic rings. The predicted octanol–water partition coefficient (Wildman–Crippen LogP) is 5.60. The van der Waals surface area contributed by atoms with Gasteiger partial charge in [-0.05, 0) is 48.8 Å². The Morgan fingerprint density at radius 3 is 2.50 bits per heavy atom. The fourth-order valence-electron chi connectivity index (χ4n) is 3.02. The van der Waals surface area contributed by atoms with Gasteiger partial charge in [0, 0.05) is 5.56 Å². The molecule has 0 aliphatic carbocycles. The number of halogens is 1. The molecule has 0 unspecified atom stereocenters. The Balaban J connectivity index is 1.83. The summed E-state index contributed by atoms with van der Waals surface area (Å²) in [6, 6.07) is 14.8. The van der Waals surface area contributed by atoms with Crippen LogP contribution in [0, 0.1) is 0 Å². The number of aromatic nitrogens is 2. The quantitative estimate of drug-likeness (QED) is 0.211. The van der Waals surface area contributed by atoms with Gasteiger partial charge in [0.25, 0.3) is 0 Å². The van der Waals surface area contributed by atoms with Gasteiger partial charge in [-0.3, -0.25) is 5.43 Å². The Bertz CT molecular complexity index is 1140. The molecule has 34 heavy (non-hydrogen) atoms. The van der Waals surface area contributed by atoms with Gasteiger partial charge < -0.3 is 19.5 Å². The van der Waals surface area contributed by atoms with Crippen LogP contribution in [0.5, 0.6) is 23.5 Å². The highest BCUT2D eigenvalue weighted by atomic mass is 35.5. The zero-order valence-corrected chi connectivity index (χ0v) is 20.7. The van der Waals surface area contributed by atoms with E-state index in [2.05, 4.69) is 32.7 Å². The fourth-order valence-corrected chi connectivity index (χ4v) is 3.36. The molecule has 3 rings (SSSR count). The molecular formula is C24H26ClN5O3S. The highest BCUT2D eigenvalue weighted by Crippen LogP contribution is 2.28. The van der Waals surface area contributed by atoms with Crippen molar-refractivity contribution in [1.82, 2.24) is 15.4 Å². The lowest BCUT2D eigenvalue weighted by molar-refractivity contribution is 0.348. The molecule has 0 radical (unpaired) electrons. The lowest BCUT2D eigenvalue weighted by Crippen LogP contribution is -2.24. The third-order valence-electron chi connectivity index (χ3n) is 4.72. The second-order valence-corrected chi connectivity index (χ2v) is 7.89. The normalized spacial score (nSPS) is 10.7. The standard InChI is InChI=1S/C24H26ClN5O3S/c1-4-5-9-16-10-8-13-20(33-23-28-21(31-2)14-22(29-23)32-3)17(16)15-26-30-24(34)27-19-12-7-6-11-18(19)25/h6-8,10-15H,4-5,9H2,1-3H3,(H2,27,30,34)/b26-15+. The lowest BCUT2D eigenvalue weighted by atomic mass is 10.0. The van der Waals surface area contributed by atoms with Crippen molar-refractivity contribution in [2.75, 3.05) is 19.5 Å². The number of anilines is 1. The molecule has 0 saturated heterocycles. The van der Waals surface area contributed by atoms with E-state index in [0.29, 0.717) is 33.3 Å². The highest BCUT2D eigenvalue weighted by molar-refractivity contribution is 7.80. The molecule has 0 amide bonds. The molecule has 2 N–H and O–H groups in total. The molecule has 178 valence electrons. The second kappa shape index (κ2) is 12.7. The zero-order valence-electron chi connectivity index (χ0n) is 19.2. The van der Waals surface area contributed by atoms with Gasteiger partial charge in [-0.15, -0.1) is 0 Å². The molecule has 0 fully saturated rings. The molecule has 0 saturated carbocycles. The predicted molar refractivity (Wildman–Crippen MR) is 139 cm³/mol. The van der Waals surface area contributed by atoms with E-state index in [1.54, 1.807) is 18.3 Å². The first kappa shape index (κ1) is 25.2. The minimum atomic E-state index is 0.0994. The van der Waals surface area contributed by atoms with E-state index >= 15 is 0 Å². The molecule has 0 aliphatic rings. The summed E-state index contributed by atoms with van der Waals surface area (Å²) in [5.74, 6) is 1.20. The van der Waals surface area contributed by atoms with Gasteiger partial charge in [0.2, 0.25) is 11.8 Å². The number of nitrogens with zero attached hydrogens (tertiary/aromatic N) is 3. The van der Waals surface area contributed by atoms with Crippen LogP contribution in [-0.2, 0) is 6.42 Å². The molecule has 0 aliphatic heterocycles. The van der Waals surface area contributed by atoms with Crippen LogP contribution < -0.4 is 25.0 Å². The van der Waals surface area contributed by atoms with Crippen LogP contribution in [0.1, 0.15) is 30.9 Å². The Kier molecular flexibility index (Phi) is 9.42. The summed E-state index contributed by atoms with van der Waals surface area (Å²) in [5, 5.41) is 8.20. The van der Waals surface area contributed by atoms with Gasteiger partial charge in [-0.1, -0.05) is 49.2 Å². The topological polar surface area (TPSA) is 89.9 Å². The van der Waals surface area contributed by atoms with Gasteiger partial charge in [0.1, 0.15) is 5.75 Å². The first-order chi connectivity index (χ1) is 16.5. The maximum absolute atomic E-state index is 6.17. The first-order valence-corrected chi connectivity index (χ1v) is 11.4. The summed E-state index contributed by atoms with van der Waals surface area (Å²) in [5.41, 5.74) is 5.37. The van der Waals surface area contributed by atoms with Gasteiger partial charge >= 0.3 is 6.01 Å². The number of methoxy groups -OCH3 is 2. The number of benzene rings is 2. The summed E-state index contributed by atoms with van der Waals surface area (Å²) in [4.78, 5) is 8.51. The lowest BCUT2D eigenvalue weighted by Gasteiger charge is -2.13. The maximum Gasteiger partial charge on any atom is 0.328 e. The number of hydrogen-bond donors (Lipinski definition) is 2. The molecule has 0 spiro atoms. The van der Waals surface area contributed by atoms with Crippen molar-refractivity contribution in [2.24, 2.45) is 5.10 Å². The van der Waals surface area contributed by atoms with E-state index < -0.39 is 0 Å². The smallest absolute Gasteiger partial charge is 0.328 e. The van der Waals surface area contributed by atoms with E-state index in [-0.39, 0.29) is 6.01 Å². The largest absolute Gasteiger partial charge is 0.481 e. The third-order valence-corrected chi connectivity index (χ3v) is 5.24. The van der Waals surface area contributed by atoms with Crippen molar-refractivity contribution in [3.05, 3.63) is 64.7 Å². The van der Waals surface area contributed by atoms with Gasteiger partial charge in [0.05, 0.1) is 37.2 Å². The average molecular weight is 500 g/mol. The minimum Gasteiger partial charge on any atom is -0.481 e. The molecule has 0 atom stereocenters. The van der Waals surface area contributed by atoms with Crippen molar-refractivity contribution in [1.29, 1.82) is 0 Å². The second-order valence-electron chi connectivity index (χ2n) is 7.07. The number of ether oxygens (including phenoxy) is 3. The van der Waals surface area contributed by atoms with Crippen LogP contribution >= 0.6 is 23.8 Å². The number of hydrogen-bond acceptors (Lipinski definition) is 7. The SMILES string of the molecule is CCCCc1cccc(Oc2nc(OC)cc(OC)n2)c1/C=N/NC(=S)Nc1ccccc1Cl. The van der Waals surface area contributed by atoms with Gasteiger partial charge in [-0.2, -0.15) is 15.1 Å².